The van der Waals surface area contributed by atoms with E-state index in [9.17, 15) is 9.18 Å². The SMILES string of the molecule is CNc1nccc(C(=O)N(C)Cc2ccccc2Br)c1F. The number of pyridine rings is 1. The van der Waals surface area contributed by atoms with Crippen molar-refractivity contribution in [3.05, 3.63) is 57.9 Å². The zero-order valence-corrected chi connectivity index (χ0v) is 13.3. The Kier molecular flexibility index (Phi) is 4.90. The predicted octanol–water partition coefficient (Wildman–Crippen LogP) is 3.30. The first-order valence-electron chi connectivity index (χ1n) is 6.35. The van der Waals surface area contributed by atoms with E-state index in [-0.39, 0.29) is 17.3 Å². The van der Waals surface area contributed by atoms with Gasteiger partial charge in [-0.2, -0.15) is 0 Å². The van der Waals surface area contributed by atoms with Gasteiger partial charge in [0.1, 0.15) is 0 Å². The molecule has 1 amide bonds. The van der Waals surface area contributed by atoms with Gasteiger partial charge in [0, 0.05) is 31.3 Å². The van der Waals surface area contributed by atoms with Crippen LogP contribution < -0.4 is 5.32 Å². The van der Waals surface area contributed by atoms with Crippen molar-refractivity contribution in [3.63, 3.8) is 0 Å². The number of hydrogen-bond acceptors (Lipinski definition) is 3. The van der Waals surface area contributed by atoms with Gasteiger partial charge in [0.15, 0.2) is 11.6 Å². The van der Waals surface area contributed by atoms with Crippen molar-refractivity contribution >= 4 is 27.7 Å². The number of halogens is 2. The summed E-state index contributed by atoms with van der Waals surface area (Å²) in [5.74, 6) is -0.957. The molecule has 1 N–H and O–H groups in total. The molecule has 0 spiro atoms. The van der Waals surface area contributed by atoms with Gasteiger partial charge in [-0.1, -0.05) is 34.1 Å². The number of aromatic nitrogens is 1. The van der Waals surface area contributed by atoms with Crippen LogP contribution in [0.1, 0.15) is 15.9 Å². The Morgan fingerprint density at radius 3 is 2.76 bits per heavy atom. The summed E-state index contributed by atoms with van der Waals surface area (Å²) in [6, 6.07) is 8.99. The van der Waals surface area contributed by atoms with Gasteiger partial charge < -0.3 is 10.2 Å². The third kappa shape index (κ3) is 3.39. The first kappa shape index (κ1) is 15.4. The molecule has 21 heavy (non-hydrogen) atoms. The topological polar surface area (TPSA) is 45.2 Å². The lowest BCUT2D eigenvalue weighted by Crippen LogP contribution is -2.27. The summed E-state index contributed by atoms with van der Waals surface area (Å²) in [4.78, 5) is 17.7. The van der Waals surface area contributed by atoms with Gasteiger partial charge in [0.05, 0.1) is 5.56 Å². The Bertz CT molecular complexity index is 663. The molecule has 0 radical (unpaired) electrons. The summed E-state index contributed by atoms with van der Waals surface area (Å²) < 4.78 is 15.0. The third-order valence-electron chi connectivity index (χ3n) is 3.07. The van der Waals surface area contributed by atoms with Crippen LogP contribution in [0.15, 0.2) is 41.0 Å². The van der Waals surface area contributed by atoms with Crippen LogP contribution >= 0.6 is 15.9 Å². The van der Waals surface area contributed by atoms with Gasteiger partial charge in [-0.05, 0) is 17.7 Å². The van der Waals surface area contributed by atoms with E-state index in [1.54, 1.807) is 14.1 Å². The maximum absolute atomic E-state index is 14.1. The van der Waals surface area contributed by atoms with Crippen LogP contribution in [0, 0.1) is 5.82 Å². The second-order valence-electron chi connectivity index (χ2n) is 4.52. The van der Waals surface area contributed by atoms with Gasteiger partial charge >= 0.3 is 0 Å². The van der Waals surface area contributed by atoms with E-state index in [1.807, 2.05) is 24.3 Å². The van der Waals surface area contributed by atoms with Crippen molar-refractivity contribution in [2.45, 2.75) is 6.54 Å². The van der Waals surface area contributed by atoms with Crippen molar-refractivity contribution in [1.82, 2.24) is 9.88 Å². The number of hydrogen-bond donors (Lipinski definition) is 1. The zero-order chi connectivity index (χ0) is 15.4. The Hall–Kier alpha value is -1.95. The van der Waals surface area contributed by atoms with Crippen LogP contribution in [0.2, 0.25) is 0 Å². The minimum atomic E-state index is -0.635. The molecular formula is C15H15BrFN3O. The third-order valence-corrected chi connectivity index (χ3v) is 3.84. The fourth-order valence-corrected chi connectivity index (χ4v) is 2.35. The Labute approximate surface area is 131 Å². The molecule has 0 saturated heterocycles. The number of anilines is 1. The normalized spacial score (nSPS) is 10.3. The highest BCUT2D eigenvalue weighted by Gasteiger charge is 2.19. The number of amides is 1. The smallest absolute Gasteiger partial charge is 0.257 e. The fraction of sp³-hybridized carbons (Fsp3) is 0.200. The minimum absolute atomic E-state index is 0.00361. The lowest BCUT2D eigenvalue weighted by molar-refractivity contribution is 0.0780. The summed E-state index contributed by atoms with van der Waals surface area (Å²) in [6.07, 6.45) is 1.41. The molecule has 2 aromatic rings. The van der Waals surface area contributed by atoms with Crippen molar-refractivity contribution in [2.24, 2.45) is 0 Å². The standard InChI is InChI=1S/C15H15BrFN3O/c1-18-14-13(17)11(7-8-19-14)15(21)20(2)9-10-5-3-4-6-12(10)16/h3-8H,9H2,1-2H3,(H,18,19). The van der Waals surface area contributed by atoms with Crippen LogP contribution in [0.25, 0.3) is 0 Å². The van der Waals surface area contributed by atoms with Crippen LogP contribution in [0.4, 0.5) is 10.2 Å². The summed E-state index contributed by atoms with van der Waals surface area (Å²) in [5.41, 5.74) is 0.959. The van der Waals surface area contributed by atoms with Gasteiger partial charge in [-0.15, -0.1) is 0 Å². The average Bonchev–Trinajstić information content (AvgIpc) is 2.49. The highest BCUT2D eigenvalue weighted by molar-refractivity contribution is 9.10. The van der Waals surface area contributed by atoms with E-state index in [1.165, 1.54) is 17.2 Å². The van der Waals surface area contributed by atoms with Crippen molar-refractivity contribution < 1.29 is 9.18 Å². The molecule has 4 nitrogen and oxygen atoms in total. The minimum Gasteiger partial charge on any atom is -0.371 e. The summed E-state index contributed by atoms with van der Waals surface area (Å²) in [7, 11) is 3.20. The quantitative estimate of drug-likeness (QED) is 0.919. The second kappa shape index (κ2) is 6.67. The first-order valence-corrected chi connectivity index (χ1v) is 7.15. The molecule has 0 atom stereocenters. The molecule has 1 aromatic carbocycles. The van der Waals surface area contributed by atoms with Gasteiger partial charge in [0.2, 0.25) is 0 Å². The number of carbonyl (C=O) groups is 1. The number of rotatable bonds is 4. The van der Waals surface area contributed by atoms with Gasteiger partial charge in [-0.25, -0.2) is 9.37 Å². The summed E-state index contributed by atoms with van der Waals surface area (Å²) in [5, 5.41) is 2.62. The van der Waals surface area contributed by atoms with E-state index >= 15 is 0 Å². The number of carbonyl (C=O) groups excluding carboxylic acids is 1. The fourth-order valence-electron chi connectivity index (χ4n) is 1.94. The van der Waals surface area contributed by atoms with E-state index in [2.05, 4.69) is 26.2 Å². The lowest BCUT2D eigenvalue weighted by atomic mass is 10.2. The Morgan fingerprint density at radius 1 is 1.38 bits per heavy atom. The summed E-state index contributed by atoms with van der Waals surface area (Å²) in [6.45, 7) is 0.386. The molecule has 2 rings (SSSR count). The molecule has 1 heterocycles. The van der Waals surface area contributed by atoms with E-state index in [0.717, 1.165) is 10.0 Å². The van der Waals surface area contributed by atoms with Crippen LogP contribution in [0.3, 0.4) is 0 Å². The molecule has 0 aliphatic carbocycles. The molecule has 6 heteroatoms. The molecule has 110 valence electrons. The van der Waals surface area contributed by atoms with Gasteiger partial charge in [0.25, 0.3) is 5.91 Å². The maximum Gasteiger partial charge on any atom is 0.257 e. The molecule has 0 aliphatic rings. The van der Waals surface area contributed by atoms with Crippen LogP contribution in [-0.2, 0) is 6.54 Å². The second-order valence-corrected chi connectivity index (χ2v) is 5.38. The molecule has 0 bridgehead atoms. The first-order chi connectivity index (χ1) is 10.0. The highest BCUT2D eigenvalue weighted by atomic mass is 79.9. The number of nitrogens with one attached hydrogen (secondary N) is 1. The monoisotopic (exact) mass is 351 g/mol. The van der Waals surface area contributed by atoms with E-state index in [0.29, 0.717) is 6.54 Å². The number of nitrogens with zero attached hydrogens (tertiary/aromatic N) is 2. The molecule has 0 aliphatic heterocycles. The van der Waals surface area contributed by atoms with Crippen molar-refractivity contribution in [1.29, 1.82) is 0 Å². The van der Waals surface area contributed by atoms with Crippen LogP contribution in [-0.4, -0.2) is 29.9 Å². The van der Waals surface area contributed by atoms with Crippen molar-refractivity contribution in [2.75, 3.05) is 19.4 Å². The van der Waals surface area contributed by atoms with E-state index in [4.69, 9.17) is 0 Å². The van der Waals surface area contributed by atoms with E-state index < -0.39 is 5.82 Å². The summed E-state index contributed by atoms with van der Waals surface area (Å²) >= 11 is 3.44. The van der Waals surface area contributed by atoms with Crippen LogP contribution in [0.5, 0.6) is 0 Å². The molecule has 0 unspecified atom stereocenters. The number of benzene rings is 1. The Balaban J connectivity index is 2.22. The maximum atomic E-state index is 14.1. The zero-order valence-electron chi connectivity index (χ0n) is 11.7. The average molecular weight is 352 g/mol. The Morgan fingerprint density at radius 2 is 2.10 bits per heavy atom. The lowest BCUT2D eigenvalue weighted by Gasteiger charge is -2.19. The van der Waals surface area contributed by atoms with Gasteiger partial charge in [-0.3, -0.25) is 4.79 Å². The molecular weight excluding hydrogens is 337 g/mol. The molecule has 0 fully saturated rings. The van der Waals surface area contributed by atoms with Crippen molar-refractivity contribution in [3.8, 4) is 0 Å². The predicted molar refractivity (Wildman–Crippen MR) is 83.7 cm³/mol. The largest absolute Gasteiger partial charge is 0.371 e. The molecule has 0 saturated carbocycles. The molecule has 1 aromatic heterocycles. The highest BCUT2D eigenvalue weighted by Crippen LogP contribution is 2.20.